The zero-order chi connectivity index (χ0) is 19.0. The number of Topliss-reactive ketones (excluding diaryl/α,β-unsaturated/α-hetero) is 1. The summed E-state index contributed by atoms with van der Waals surface area (Å²) in [5, 5.41) is 0. The van der Waals surface area contributed by atoms with Crippen molar-refractivity contribution in [1.29, 1.82) is 0 Å². The highest BCUT2D eigenvalue weighted by Crippen LogP contribution is 2.40. The topological polar surface area (TPSA) is 60.3 Å². The van der Waals surface area contributed by atoms with Crippen molar-refractivity contribution in [3.63, 3.8) is 0 Å². The number of benzene rings is 1. The Kier molecular flexibility index (Phi) is 4.90. The molecule has 27 heavy (non-hydrogen) atoms. The first-order chi connectivity index (χ1) is 13.1. The average molecular weight is 406 g/mol. The second-order valence-corrected chi connectivity index (χ2v) is 8.16. The number of nitrogens with zero attached hydrogens (tertiary/aromatic N) is 1. The molecule has 8 heteroatoms. The molecule has 0 aliphatic carbocycles. The van der Waals surface area contributed by atoms with Crippen LogP contribution in [-0.2, 0) is 11.3 Å². The van der Waals surface area contributed by atoms with E-state index in [1.165, 1.54) is 16.2 Å². The van der Waals surface area contributed by atoms with Gasteiger partial charge >= 0.3 is 5.91 Å². The van der Waals surface area contributed by atoms with Gasteiger partial charge in [-0.3, -0.25) is 14.5 Å². The lowest BCUT2D eigenvalue weighted by molar-refractivity contribution is -0.906. The van der Waals surface area contributed by atoms with Gasteiger partial charge in [0.25, 0.3) is 5.78 Å². The summed E-state index contributed by atoms with van der Waals surface area (Å²) in [6.45, 7) is 6.36. The molecule has 1 aromatic carbocycles. The third-order valence-corrected chi connectivity index (χ3v) is 5.73. The fourth-order valence-electron chi connectivity index (χ4n) is 3.30. The minimum absolute atomic E-state index is 0.346. The summed E-state index contributed by atoms with van der Waals surface area (Å²) in [6.07, 6.45) is 1.80. The molecular weight excluding hydrogens is 388 g/mol. The first kappa shape index (κ1) is 18.0. The molecule has 2 aliphatic heterocycles. The van der Waals surface area contributed by atoms with Crippen LogP contribution >= 0.6 is 22.9 Å². The van der Waals surface area contributed by atoms with Crippen LogP contribution in [0.15, 0.2) is 36.9 Å². The summed E-state index contributed by atoms with van der Waals surface area (Å²) in [7, 11) is 0. The van der Waals surface area contributed by atoms with E-state index in [4.69, 9.17) is 21.1 Å². The number of carbonyl (C=O) groups is 2. The van der Waals surface area contributed by atoms with Crippen LogP contribution in [0.1, 0.15) is 15.2 Å². The van der Waals surface area contributed by atoms with E-state index >= 15 is 0 Å². The number of rotatable bonds is 6. The van der Waals surface area contributed by atoms with Crippen molar-refractivity contribution in [3.8, 4) is 11.5 Å². The molecule has 1 unspecified atom stereocenters. The summed E-state index contributed by atoms with van der Waals surface area (Å²) < 4.78 is 11.9. The van der Waals surface area contributed by atoms with Gasteiger partial charge in [-0.1, -0.05) is 18.2 Å². The van der Waals surface area contributed by atoms with Crippen molar-refractivity contribution in [2.45, 2.75) is 6.54 Å². The number of ketones is 1. The molecular formula is C19H18ClN2O4S+. The maximum atomic E-state index is 12.6. The van der Waals surface area contributed by atoms with E-state index in [2.05, 4.69) is 6.58 Å². The SMILES string of the molecule is C=CC[NH+](Cc1ccc(Cl)s1)CN1C(=O)C(=O)c2cc3c(cc21)OCCO3. The minimum atomic E-state index is -0.530. The lowest BCUT2D eigenvalue weighted by Crippen LogP contribution is -3.12. The molecule has 2 aromatic rings. The molecule has 0 fully saturated rings. The largest absolute Gasteiger partial charge is 0.486 e. The molecule has 1 amide bonds. The Hall–Kier alpha value is -2.35. The lowest BCUT2D eigenvalue weighted by Gasteiger charge is -2.25. The third-order valence-electron chi connectivity index (χ3n) is 4.50. The number of carbonyl (C=O) groups excluding carboxylic acids is 2. The number of hydrogen-bond acceptors (Lipinski definition) is 5. The molecule has 0 saturated heterocycles. The molecule has 2 aliphatic rings. The standard InChI is InChI=1S/C19H17ClN2O4S/c1-2-5-21(10-12-3-4-17(20)27-12)11-22-14-9-16-15(25-6-7-26-16)8-13(14)18(23)19(22)24/h2-4,8-9H,1,5-7,10-11H2/p+1. The van der Waals surface area contributed by atoms with Crippen molar-refractivity contribution in [2.24, 2.45) is 0 Å². The normalized spacial score (nSPS) is 16.4. The highest BCUT2D eigenvalue weighted by Gasteiger charge is 2.39. The number of fused-ring (bicyclic) bond motifs is 2. The van der Waals surface area contributed by atoms with Crippen LogP contribution in [0.2, 0.25) is 4.34 Å². The van der Waals surface area contributed by atoms with Crippen molar-refractivity contribution >= 4 is 40.3 Å². The van der Waals surface area contributed by atoms with Gasteiger partial charge in [0.1, 0.15) is 19.8 Å². The zero-order valence-electron chi connectivity index (χ0n) is 14.5. The molecule has 1 N–H and O–H groups in total. The van der Waals surface area contributed by atoms with E-state index in [1.807, 2.05) is 12.1 Å². The van der Waals surface area contributed by atoms with E-state index in [1.54, 1.807) is 18.2 Å². The average Bonchev–Trinajstić information content (AvgIpc) is 3.17. The highest BCUT2D eigenvalue weighted by atomic mass is 35.5. The number of amides is 1. The molecule has 4 rings (SSSR count). The minimum Gasteiger partial charge on any atom is -0.486 e. The van der Waals surface area contributed by atoms with E-state index in [0.717, 1.165) is 14.1 Å². The van der Waals surface area contributed by atoms with Crippen molar-refractivity contribution in [1.82, 2.24) is 0 Å². The van der Waals surface area contributed by atoms with Gasteiger partial charge in [0.2, 0.25) is 0 Å². The summed E-state index contributed by atoms with van der Waals surface area (Å²) in [5.41, 5.74) is 0.932. The van der Waals surface area contributed by atoms with E-state index < -0.39 is 11.7 Å². The summed E-state index contributed by atoms with van der Waals surface area (Å²) in [6, 6.07) is 7.16. The van der Waals surface area contributed by atoms with Gasteiger partial charge in [-0.05, 0) is 24.3 Å². The molecule has 1 atom stereocenters. The van der Waals surface area contributed by atoms with Gasteiger partial charge < -0.3 is 14.4 Å². The zero-order valence-corrected chi connectivity index (χ0v) is 16.1. The van der Waals surface area contributed by atoms with Crippen molar-refractivity contribution < 1.29 is 24.0 Å². The molecule has 6 nitrogen and oxygen atoms in total. The van der Waals surface area contributed by atoms with E-state index in [9.17, 15) is 9.59 Å². The first-order valence-corrected chi connectivity index (χ1v) is 9.75. The van der Waals surface area contributed by atoms with Crippen LogP contribution in [0.5, 0.6) is 11.5 Å². The summed E-state index contributed by atoms with van der Waals surface area (Å²) >= 11 is 7.53. The summed E-state index contributed by atoms with van der Waals surface area (Å²) in [5.74, 6) is 0.0200. The van der Waals surface area contributed by atoms with Crippen molar-refractivity contribution in [2.75, 3.05) is 31.3 Å². The predicted molar refractivity (Wildman–Crippen MR) is 103 cm³/mol. The van der Waals surface area contributed by atoms with Crippen LogP contribution in [0.3, 0.4) is 0 Å². The third kappa shape index (κ3) is 3.45. The van der Waals surface area contributed by atoms with E-state index in [0.29, 0.717) is 55.7 Å². The van der Waals surface area contributed by atoms with Crippen molar-refractivity contribution in [3.05, 3.63) is 51.7 Å². The van der Waals surface area contributed by atoms with Crippen LogP contribution in [-0.4, -0.2) is 38.1 Å². The fraction of sp³-hybridized carbons (Fsp3) is 0.263. The number of quaternary nitrogens is 1. The Morgan fingerprint density at radius 1 is 1.22 bits per heavy atom. The van der Waals surface area contributed by atoms with Crippen LogP contribution in [0.4, 0.5) is 5.69 Å². The molecule has 0 saturated carbocycles. The molecule has 0 radical (unpaired) electrons. The second-order valence-electron chi connectivity index (χ2n) is 6.36. The number of anilines is 1. The first-order valence-electron chi connectivity index (χ1n) is 8.55. The quantitative estimate of drug-likeness (QED) is 0.589. The summed E-state index contributed by atoms with van der Waals surface area (Å²) in [4.78, 5) is 28.8. The Morgan fingerprint density at radius 3 is 2.63 bits per heavy atom. The monoisotopic (exact) mass is 405 g/mol. The second kappa shape index (κ2) is 7.34. The Morgan fingerprint density at radius 2 is 1.96 bits per heavy atom. The van der Waals surface area contributed by atoms with Crippen LogP contribution in [0, 0.1) is 0 Å². The molecule has 140 valence electrons. The fourth-order valence-corrected chi connectivity index (χ4v) is 4.46. The molecule has 1 aromatic heterocycles. The van der Waals surface area contributed by atoms with Crippen LogP contribution < -0.4 is 19.3 Å². The Labute approximate surface area is 165 Å². The number of nitrogens with one attached hydrogen (secondary N) is 1. The van der Waals surface area contributed by atoms with E-state index in [-0.39, 0.29) is 0 Å². The number of halogens is 1. The Balaban J connectivity index is 1.62. The van der Waals surface area contributed by atoms with Gasteiger partial charge in [0.05, 0.1) is 27.0 Å². The van der Waals surface area contributed by atoms with Gasteiger partial charge in [-0.25, -0.2) is 0 Å². The molecule has 3 heterocycles. The number of hydrogen-bond donors (Lipinski definition) is 1. The van der Waals surface area contributed by atoms with Crippen LogP contribution in [0.25, 0.3) is 0 Å². The smallest absolute Gasteiger partial charge is 0.303 e. The number of ether oxygens (including phenoxy) is 2. The van der Waals surface area contributed by atoms with Gasteiger partial charge in [-0.15, -0.1) is 11.3 Å². The predicted octanol–water partition coefficient (Wildman–Crippen LogP) is 1.93. The maximum Gasteiger partial charge on any atom is 0.303 e. The highest BCUT2D eigenvalue weighted by molar-refractivity contribution is 7.16. The Bertz CT molecular complexity index is 926. The van der Waals surface area contributed by atoms with Gasteiger partial charge in [-0.2, -0.15) is 0 Å². The van der Waals surface area contributed by atoms with Gasteiger partial charge in [0, 0.05) is 6.07 Å². The maximum absolute atomic E-state index is 12.6. The number of thiophene rings is 1. The lowest BCUT2D eigenvalue weighted by atomic mass is 10.1. The molecule has 0 spiro atoms. The van der Waals surface area contributed by atoms with Gasteiger partial charge in [0.15, 0.2) is 18.2 Å². The molecule has 0 bridgehead atoms.